The maximum atomic E-state index is 6.00. The number of fused-ring (bicyclic) bond motifs is 1. The number of aromatic nitrogens is 1. The summed E-state index contributed by atoms with van der Waals surface area (Å²) < 4.78 is 0. The maximum Gasteiger partial charge on any atom is 0.0442 e. The van der Waals surface area contributed by atoms with E-state index in [9.17, 15) is 0 Å². The number of nitrogens with zero attached hydrogens (tertiary/aromatic N) is 1. The van der Waals surface area contributed by atoms with Crippen molar-refractivity contribution >= 4 is 22.4 Å². The molecule has 1 heterocycles. The molecule has 0 spiro atoms. The van der Waals surface area contributed by atoms with Crippen LogP contribution in [0.15, 0.2) is 24.4 Å². The van der Waals surface area contributed by atoms with Crippen LogP contribution in [-0.2, 0) is 0 Å². The van der Waals surface area contributed by atoms with Crippen molar-refractivity contribution < 1.29 is 0 Å². The van der Waals surface area contributed by atoms with E-state index in [1.54, 1.807) is 0 Å². The summed E-state index contributed by atoms with van der Waals surface area (Å²) in [7, 11) is 0. The summed E-state index contributed by atoms with van der Waals surface area (Å²) in [4.78, 5) is 4.22. The second-order valence-electron chi connectivity index (χ2n) is 3.27. The molecule has 0 aliphatic carbocycles. The van der Waals surface area contributed by atoms with Gasteiger partial charge in [-0.25, -0.2) is 0 Å². The van der Waals surface area contributed by atoms with Gasteiger partial charge in [0.15, 0.2) is 0 Å². The topological polar surface area (TPSA) is 12.9 Å². The highest BCUT2D eigenvalue weighted by atomic mass is 35.5. The zero-order valence-electron chi connectivity index (χ0n) is 7.63. The zero-order chi connectivity index (χ0) is 9.42. The quantitative estimate of drug-likeness (QED) is 0.621. The van der Waals surface area contributed by atoms with E-state index in [0.717, 1.165) is 21.7 Å². The first-order valence-corrected chi connectivity index (χ1v) is 4.57. The Morgan fingerprint density at radius 2 is 1.85 bits per heavy atom. The standard InChI is InChI=1S/C11H10ClN/c1-7-3-9-4-8(2)13-6-10(9)5-11(7)12/h3-6H,1-2H3. The van der Waals surface area contributed by atoms with E-state index in [-0.39, 0.29) is 0 Å². The molecule has 0 fully saturated rings. The van der Waals surface area contributed by atoms with Crippen LogP contribution in [0.1, 0.15) is 11.3 Å². The Morgan fingerprint density at radius 3 is 2.62 bits per heavy atom. The zero-order valence-corrected chi connectivity index (χ0v) is 8.39. The molecule has 0 aliphatic rings. The summed E-state index contributed by atoms with van der Waals surface area (Å²) in [6.07, 6.45) is 1.86. The van der Waals surface area contributed by atoms with E-state index in [1.807, 2.05) is 26.1 Å². The first kappa shape index (κ1) is 8.52. The van der Waals surface area contributed by atoms with Crippen LogP contribution in [0, 0.1) is 13.8 Å². The van der Waals surface area contributed by atoms with Crippen LogP contribution in [0.5, 0.6) is 0 Å². The van der Waals surface area contributed by atoms with Crippen molar-refractivity contribution in [1.29, 1.82) is 0 Å². The first-order chi connectivity index (χ1) is 6.16. The molecule has 66 valence electrons. The molecule has 0 atom stereocenters. The lowest BCUT2D eigenvalue weighted by Crippen LogP contribution is -1.83. The van der Waals surface area contributed by atoms with Crippen LogP contribution in [0.4, 0.5) is 0 Å². The van der Waals surface area contributed by atoms with E-state index < -0.39 is 0 Å². The lowest BCUT2D eigenvalue weighted by molar-refractivity contribution is 1.22. The van der Waals surface area contributed by atoms with Crippen LogP contribution in [-0.4, -0.2) is 4.98 Å². The van der Waals surface area contributed by atoms with Gasteiger partial charge >= 0.3 is 0 Å². The van der Waals surface area contributed by atoms with Crippen molar-refractivity contribution in [1.82, 2.24) is 4.98 Å². The molecular formula is C11H10ClN. The highest BCUT2D eigenvalue weighted by Gasteiger charge is 1.99. The monoisotopic (exact) mass is 191 g/mol. The second-order valence-corrected chi connectivity index (χ2v) is 3.68. The Morgan fingerprint density at radius 1 is 1.08 bits per heavy atom. The highest BCUT2D eigenvalue weighted by molar-refractivity contribution is 6.32. The third-order valence-corrected chi connectivity index (χ3v) is 2.54. The van der Waals surface area contributed by atoms with Crippen LogP contribution in [0.2, 0.25) is 5.02 Å². The molecule has 0 aliphatic heterocycles. The number of hydrogen-bond acceptors (Lipinski definition) is 1. The summed E-state index contributed by atoms with van der Waals surface area (Å²) >= 11 is 6.00. The van der Waals surface area contributed by atoms with Crippen molar-refractivity contribution in [3.8, 4) is 0 Å². The van der Waals surface area contributed by atoms with Gasteiger partial charge in [-0.05, 0) is 43.0 Å². The van der Waals surface area contributed by atoms with Gasteiger partial charge in [0.25, 0.3) is 0 Å². The lowest BCUT2D eigenvalue weighted by Gasteiger charge is -2.02. The van der Waals surface area contributed by atoms with Gasteiger partial charge in [0.2, 0.25) is 0 Å². The summed E-state index contributed by atoms with van der Waals surface area (Å²) in [5.74, 6) is 0. The fraction of sp³-hybridized carbons (Fsp3) is 0.182. The third kappa shape index (κ3) is 1.52. The number of benzene rings is 1. The number of aryl methyl sites for hydroxylation is 2. The summed E-state index contributed by atoms with van der Waals surface area (Å²) in [5, 5.41) is 3.11. The molecule has 2 rings (SSSR count). The van der Waals surface area contributed by atoms with Gasteiger partial charge in [-0.1, -0.05) is 11.6 Å². The summed E-state index contributed by atoms with van der Waals surface area (Å²) in [5.41, 5.74) is 2.15. The molecular weight excluding hydrogens is 182 g/mol. The minimum absolute atomic E-state index is 0.804. The highest BCUT2D eigenvalue weighted by Crippen LogP contribution is 2.22. The Labute approximate surface area is 82.4 Å². The number of halogens is 1. The van der Waals surface area contributed by atoms with Gasteiger partial charge in [-0.3, -0.25) is 4.98 Å². The van der Waals surface area contributed by atoms with Crippen LogP contribution in [0.25, 0.3) is 10.8 Å². The first-order valence-electron chi connectivity index (χ1n) is 4.19. The third-order valence-electron chi connectivity index (χ3n) is 2.14. The van der Waals surface area contributed by atoms with Crippen molar-refractivity contribution in [2.75, 3.05) is 0 Å². The second kappa shape index (κ2) is 3.00. The van der Waals surface area contributed by atoms with Gasteiger partial charge in [0.05, 0.1) is 0 Å². The predicted molar refractivity (Wildman–Crippen MR) is 56.2 cm³/mol. The smallest absolute Gasteiger partial charge is 0.0442 e. The molecule has 0 radical (unpaired) electrons. The molecule has 2 heteroatoms. The number of pyridine rings is 1. The van der Waals surface area contributed by atoms with Gasteiger partial charge in [0.1, 0.15) is 0 Å². The fourth-order valence-corrected chi connectivity index (χ4v) is 1.56. The molecule has 0 N–H and O–H groups in total. The van der Waals surface area contributed by atoms with Crippen LogP contribution >= 0.6 is 11.6 Å². The van der Waals surface area contributed by atoms with Gasteiger partial charge in [-0.15, -0.1) is 0 Å². The normalized spacial score (nSPS) is 10.7. The van der Waals surface area contributed by atoms with Crippen LogP contribution < -0.4 is 0 Å². The van der Waals surface area contributed by atoms with Crippen LogP contribution in [0.3, 0.4) is 0 Å². The Balaban J connectivity index is 2.81. The lowest BCUT2D eigenvalue weighted by atomic mass is 10.1. The molecule has 0 saturated carbocycles. The van der Waals surface area contributed by atoms with E-state index in [0.29, 0.717) is 0 Å². The van der Waals surface area contributed by atoms with Crippen molar-refractivity contribution in [3.05, 3.63) is 40.7 Å². The largest absolute Gasteiger partial charge is 0.261 e. The fourth-order valence-electron chi connectivity index (χ4n) is 1.39. The molecule has 1 nitrogen and oxygen atoms in total. The summed E-state index contributed by atoms with van der Waals surface area (Å²) in [6.45, 7) is 4.00. The molecule has 2 aromatic rings. The van der Waals surface area contributed by atoms with Gasteiger partial charge in [-0.2, -0.15) is 0 Å². The Bertz CT molecular complexity index is 463. The average Bonchev–Trinajstić information content (AvgIpc) is 2.08. The number of rotatable bonds is 0. The van der Waals surface area contributed by atoms with E-state index in [4.69, 9.17) is 11.6 Å². The van der Waals surface area contributed by atoms with Gasteiger partial charge < -0.3 is 0 Å². The average molecular weight is 192 g/mol. The maximum absolute atomic E-state index is 6.00. The van der Waals surface area contributed by atoms with Crippen molar-refractivity contribution in [2.45, 2.75) is 13.8 Å². The molecule has 13 heavy (non-hydrogen) atoms. The SMILES string of the molecule is Cc1cc2cc(C)c(Cl)cc2cn1. The summed E-state index contributed by atoms with van der Waals surface area (Å²) in [6, 6.07) is 6.11. The van der Waals surface area contributed by atoms with Gasteiger partial charge in [0, 0.05) is 22.3 Å². The van der Waals surface area contributed by atoms with E-state index in [2.05, 4.69) is 17.1 Å². The Hall–Kier alpha value is -1.08. The Kier molecular flexibility index (Phi) is 1.97. The minimum atomic E-state index is 0.804. The molecule has 0 unspecified atom stereocenters. The minimum Gasteiger partial charge on any atom is -0.261 e. The van der Waals surface area contributed by atoms with Crippen molar-refractivity contribution in [3.63, 3.8) is 0 Å². The molecule has 1 aromatic heterocycles. The predicted octanol–water partition coefficient (Wildman–Crippen LogP) is 3.51. The number of hydrogen-bond donors (Lipinski definition) is 0. The molecule has 0 saturated heterocycles. The van der Waals surface area contributed by atoms with E-state index in [1.165, 1.54) is 5.39 Å². The molecule has 1 aromatic carbocycles. The molecule has 0 amide bonds. The van der Waals surface area contributed by atoms with Crippen molar-refractivity contribution in [2.24, 2.45) is 0 Å². The van der Waals surface area contributed by atoms with E-state index >= 15 is 0 Å². The molecule has 0 bridgehead atoms.